The van der Waals surface area contributed by atoms with Gasteiger partial charge in [-0.3, -0.25) is 0 Å². The van der Waals surface area contributed by atoms with Crippen LogP contribution < -0.4 is 11.1 Å². The van der Waals surface area contributed by atoms with Crippen LogP contribution in [0.25, 0.3) is 11.3 Å². The molecule has 5 heteroatoms. The van der Waals surface area contributed by atoms with Crippen molar-refractivity contribution in [2.45, 2.75) is 19.0 Å². The Hall–Kier alpha value is -2.56. The van der Waals surface area contributed by atoms with Gasteiger partial charge in [-0.05, 0) is 35.7 Å². The molecule has 4 rings (SSSR count). The van der Waals surface area contributed by atoms with E-state index in [0.29, 0.717) is 5.82 Å². The zero-order chi connectivity index (χ0) is 16.5. The van der Waals surface area contributed by atoms with E-state index >= 15 is 0 Å². The molecule has 0 unspecified atom stereocenters. The van der Waals surface area contributed by atoms with Crippen LogP contribution in [-0.2, 0) is 13.0 Å². The van der Waals surface area contributed by atoms with Crippen LogP contribution in [0.1, 0.15) is 22.7 Å². The molecule has 2 aromatic carbocycles. The second-order valence-corrected chi connectivity index (χ2v) is 6.13. The largest absolute Gasteiger partial charge is 0.508 e. The summed E-state index contributed by atoms with van der Waals surface area (Å²) in [5, 5.41) is 13.2. The van der Waals surface area contributed by atoms with Crippen LogP contribution in [0.3, 0.4) is 0 Å². The lowest BCUT2D eigenvalue weighted by Crippen LogP contribution is -2.14. The lowest BCUT2D eigenvalue weighted by Gasteiger charge is -2.14. The molecule has 3 aromatic rings. The van der Waals surface area contributed by atoms with Crippen LogP contribution in [0.15, 0.2) is 60.7 Å². The van der Waals surface area contributed by atoms with Crippen molar-refractivity contribution < 1.29 is 5.11 Å². The molecule has 0 amide bonds. The zero-order valence-electron chi connectivity index (χ0n) is 13.6. The Kier molecular flexibility index (Phi) is 4.93. The first kappa shape index (κ1) is 17.3. The molecule has 0 radical (unpaired) electrons. The van der Waals surface area contributed by atoms with Crippen molar-refractivity contribution >= 4 is 18.2 Å². The summed E-state index contributed by atoms with van der Waals surface area (Å²) in [6.07, 6.45) is 0.913. The molecule has 25 heavy (non-hydrogen) atoms. The molecule has 0 bridgehead atoms. The number of nitrogens with one attached hydrogen (secondary N) is 1. The molecular weight excluding hydrogens is 334 g/mol. The van der Waals surface area contributed by atoms with Gasteiger partial charge in [0.15, 0.2) is 0 Å². The fraction of sp³-hybridized carbons (Fsp3) is 0.150. The normalized spacial score (nSPS) is 15.4. The van der Waals surface area contributed by atoms with E-state index in [2.05, 4.69) is 40.6 Å². The Morgan fingerprint density at radius 1 is 1.08 bits per heavy atom. The number of nitrogens with zero attached hydrogens (tertiary/aromatic N) is 1. The third-order valence-electron chi connectivity index (χ3n) is 4.52. The first-order valence-electron chi connectivity index (χ1n) is 8.07. The topological polar surface area (TPSA) is 71.2 Å². The third-order valence-corrected chi connectivity index (χ3v) is 4.52. The summed E-state index contributed by atoms with van der Waals surface area (Å²) < 4.78 is 0. The number of nitrogen functional groups attached to an aromatic ring is 1. The molecule has 1 atom stereocenters. The van der Waals surface area contributed by atoms with Crippen molar-refractivity contribution in [3.05, 3.63) is 77.4 Å². The summed E-state index contributed by atoms with van der Waals surface area (Å²) in [5.41, 5.74) is 11.4. The highest BCUT2D eigenvalue weighted by atomic mass is 35.5. The third kappa shape index (κ3) is 3.45. The minimum Gasteiger partial charge on any atom is -0.508 e. The van der Waals surface area contributed by atoms with Gasteiger partial charge in [0, 0.05) is 23.7 Å². The Labute approximate surface area is 153 Å². The fourth-order valence-corrected chi connectivity index (χ4v) is 3.30. The fourth-order valence-electron chi connectivity index (χ4n) is 3.30. The smallest absolute Gasteiger partial charge is 0.128 e. The van der Waals surface area contributed by atoms with E-state index in [9.17, 15) is 5.11 Å². The summed E-state index contributed by atoms with van der Waals surface area (Å²) in [6.45, 7) is 0.742. The van der Waals surface area contributed by atoms with E-state index in [1.165, 1.54) is 11.1 Å². The maximum absolute atomic E-state index is 9.71. The number of rotatable bonds is 3. The number of benzene rings is 2. The number of fused-ring (bicyclic) bond motifs is 1. The average molecular weight is 354 g/mol. The average Bonchev–Trinajstić information content (AvgIpc) is 2.99. The number of hydrogen-bond donors (Lipinski definition) is 3. The Morgan fingerprint density at radius 2 is 1.88 bits per heavy atom. The van der Waals surface area contributed by atoms with Crippen molar-refractivity contribution in [2.24, 2.45) is 0 Å². The van der Waals surface area contributed by atoms with Gasteiger partial charge in [0.25, 0.3) is 0 Å². The lowest BCUT2D eigenvalue weighted by molar-refractivity contribution is 0.475. The highest BCUT2D eigenvalue weighted by molar-refractivity contribution is 5.85. The minimum atomic E-state index is 0. The van der Waals surface area contributed by atoms with Gasteiger partial charge in [0.1, 0.15) is 11.6 Å². The van der Waals surface area contributed by atoms with Crippen LogP contribution in [0.5, 0.6) is 5.75 Å². The summed E-state index contributed by atoms with van der Waals surface area (Å²) in [6, 6.07) is 19.9. The molecule has 4 N–H and O–H groups in total. The summed E-state index contributed by atoms with van der Waals surface area (Å²) >= 11 is 0. The van der Waals surface area contributed by atoms with Crippen molar-refractivity contribution in [3.63, 3.8) is 0 Å². The highest BCUT2D eigenvalue weighted by Crippen LogP contribution is 2.34. The molecule has 0 saturated heterocycles. The molecule has 128 valence electrons. The molecule has 0 saturated carbocycles. The van der Waals surface area contributed by atoms with Gasteiger partial charge in [-0.25, -0.2) is 4.98 Å². The van der Waals surface area contributed by atoms with Crippen molar-refractivity contribution in [1.82, 2.24) is 10.3 Å². The van der Waals surface area contributed by atoms with Crippen molar-refractivity contribution in [1.29, 1.82) is 0 Å². The van der Waals surface area contributed by atoms with E-state index in [4.69, 9.17) is 5.73 Å². The second kappa shape index (κ2) is 7.13. The molecule has 1 aliphatic rings. The predicted molar refractivity (Wildman–Crippen MR) is 103 cm³/mol. The van der Waals surface area contributed by atoms with Crippen LogP contribution in [0.2, 0.25) is 0 Å². The first-order valence-corrected chi connectivity index (χ1v) is 8.07. The van der Waals surface area contributed by atoms with Gasteiger partial charge in [-0.1, -0.05) is 42.5 Å². The van der Waals surface area contributed by atoms with Gasteiger partial charge in [0.05, 0.1) is 5.69 Å². The zero-order valence-corrected chi connectivity index (χ0v) is 14.5. The van der Waals surface area contributed by atoms with Gasteiger partial charge >= 0.3 is 0 Å². The number of phenolic OH excluding ortho intramolecular Hbond substituents is 1. The summed E-state index contributed by atoms with van der Waals surface area (Å²) in [7, 11) is 0. The van der Waals surface area contributed by atoms with Crippen LogP contribution in [-0.4, -0.2) is 10.1 Å². The Bertz CT molecular complexity index is 883. The maximum Gasteiger partial charge on any atom is 0.128 e. The van der Waals surface area contributed by atoms with E-state index < -0.39 is 0 Å². The molecule has 1 aromatic heterocycles. The van der Waals surface area contributed by atoms with Gasteiger partial charge in [-0.15, -0.1) is 12.4 Å². The number of nitrogens with two attached hydrogens (primary N) is 1. The van der Waals surface area contributed by atoms with Crippen LogP contribution in [0.4, 0.5) is 5.82 Å². The lowest BCUT2D eigenvalue weighted by atomic mass is 9.97. The number of hydrogen-bond acceptors (Lipinski definition) is 4. The number of aromatic nitrogens is 1. The standard InChI is InChI=1S/C20H19N3O.ClH/c21-20-17-12-22-19(9-13-5-2-1-3-6-13)16(17)11-18(23-20)14-7-4-8-15(24)10-14;/h1-8,10-11,19,22,24H,9,12H2,(H2,21,23);1H/t19-;/m1./s1. The molecule has 4 nitrogen and oxygen atoms in total. The monoisotopic (exact) mass is 353 g/mol. The quantitative estimate of drug-likeness (QED) is 0.669. The van der Waals surface area contributed by atoms with Gasteiger partial charge in [0.2, 0.25) is 0 Å². The highest BCUT2D eigenvalue weighted by Gasteiger charge is 2.25. The number of anilines is 1. The molecule has 0 spiro atoms. The number of halogens is 1. The second-order valence-electron chi connectivity index (χ2n) is 6.13. The molecule has 0 fully saturated rings. The Morgan fingerprint density at radius 3 is 2.64 bits per heavy atom. The summed E-state index contributed by atoms with van der Waals surface area (Å²) in [5.74, 6) is 0.793. The number of aromatic hydroxyl groups is 1. The molecular formula is C20H20ClN3O. The van der Waals surface area contributed by atoms with Crippen LogP contribution in [0, 0.1) is 0 Å². The molecule has 1 aliphatic heterocycles. The van der Waals surface area contributed by atoms with Crippen molar-refractivity contribution in [2.75, 3.05) is 5.73 Å². The van der Waals surface area contributed by atoms with E-state index in [1.54, 1.807) is 12.1 Å². The van der Waals surface area contributed by atoms with Crippen LogP contribution >= 0.6 is 12.4 Å². The van der Waals surface area contributed by atoms with Crippen molar-refractivity contribution in [3.8, 4) is 17.0 Å². The van der Waals surface area contributed by atoms with E-state index in [1.807, 2.05) is 18.2 Å². The molecule has 0 aliphatic carbocycles. The Balaban J connectivity index is 0.00000182. The number of pyridine rings is 1. The first-order chi connectivity index (χ1) is 11.7. The maximum atomic E-state index is 9.71. The van der Waals surface area contributed by atoms with E-state index in [0.717, 1.165) is 29.8 Å². The SMILES string of the molecule is Cl.Nc1nc(-c2cccc(O)c2)cc2c1CN[C@@H]2Cc1ccccc1. The predicted octanol–water partition coefficient (Wildman–Crippen LogP) is 3.85. The minimum absolute atomic E-state index is 0. The molecule has 2 heterocycles. The van der Waals surface area contributed by atoms with Gasteiger partial charge < -0.3 is 16.2 Å². The van der Waals surface area contributed by atoms with Gasteiger partial charge in [-0.2, -0.15) is 0 Å². The van der Waals surface area contributed by atoms with E-state index in [-0.39, 0.29) is 24.2 Å². The summed E-state index contributed by atoms with van der Waals surface area (Å²) in [4.78, 5) is 4.52. The number of phenols is 1.